The molecule has 0 bridgehead atoms. The van der Waals surface area contributed by atoms with Crippen LogP contribution in [0, 0.1) is 5.92 Å². The van der Waals surface area contributed by atoms with E-state index in [4.69, 9.17) is 4.74 Å². The predicted octanol–water partition coefficient (Wildman–Crippen LogP) is 4.37. The van der Waals surface area contributed by atoms with E-state index in [1.54, 1.807) is 11.3 Å². The van der Waals surface area contributed by atoms with Gasteiger partial charge in [-0.1, -0.05) is 15.9 Å². The molecule has 1 aliphatic heterocycles. The summed E-state index contributed by atoms with van der Waals surface area (Å²) >= 11 is 9.05. The maximum Gasteiger partial charge on any atom is 0.0701 e. The molecule has 14 heavy (non-hydrogen) atoms. The average Bonchev–Trinajstić information content (AvgIpc) is 2.73. The first-order valence-electron chi connectivity index (χ1n) is 4.67. The molecule has 1 aromatic rings. The molecule has 1 aromatic heterocycles. The van der Waals surface area contributed by atoms with Crippen LogP contribution in [0.25, 0.3) is 0 Å². The van der Waals surface area contributed by atoms with Crippen LogP contribution < -0.4 is 0 Å². The molecule has 1 saturated heterocycles. The van der Waals surface area contributed by atoms with Crippen molar-refractivity contribution in [3.63, 3.8) is 0 Å². The molecule has 78 valence electrons. The number of hydrogen-bond acceptors (Lipinski definition) is 2. The molecule has 0 amide bonds. The molecule has 0 saturated carbocycles. The zero-order chi connectivity index (χ0) is 10.1. The first-order valence-corrected chi connectivity index (χ1v) is 7.20. The van der Waals surface area contributed by atoms with E-state index in [1.807, 2.05) is 0 Å². The second-order valence-electron chi connectivity index (χ2n) is 3.68. The van der Waals surface area contributed by atoms with Crippen molar-refractivity contribution < 1.29 is 4.74 Å². The van der Waals surface area contributed by atoms with Crippen LogP contribution in [0.2, 0.25) is 0 Å². The van der Waals surface area contributed by atoms with Crippen molar-refractivity contribution >= 4 is 43.2 Å². The highest BCUT2D eigenvalue weighted by Gasteiger charge is 2.29. The highest BCUT2D eigenvalue weighted by molar-refractivity contribution is 9.11. The van der Waals surface area contributed by atoms with Gasteiger partial charge < -0.3 is 4.74 Å². The smallest absolute Gasteiger partial charge is 0.0701 e. The van der Waals surface area contributed by atoms with Gasteiger partial charge in [0, 0.05) is 10.8 Å². The Bertz CT molecular complexity index is 313. The number of thiophene rings is 1. The molecule has 2 rings (SSSR count). The second kappa shape index (κ2) is 4.64. The second-order valence-corrected chi connectivity index (χ2v) is 7.16. The lowest BCUT2D eigenvalue weighted by atomic mass is 10.0. The van der Waals surface area contributed by atoms with Crippen molar-refractivity contribution in [3.8, 4) is 0 Å². The quantitative estimate of drug-likeness (QED) is 0.727. The van der Waals surface area contributed by atoms with Gasteiger partial charge in [0.15, 0.2) is 0 Å². The maximum absolute atomic E-state index is 5.58. The summed E-state index contributed by atoms with van der Waals surface area (Å²) in [6.07, 6.45) is 1.58. The van der Waals surface area contributed by atoms with Crippen molar-refractivity contribution in [1.82, 2.24) is 0 Å². The van der Waals surface area contributed by atoms with E-state index in [-0.39, 0.29) is 0 Å². The summed E-state index contributed by atoms with van der Waals surface area (Å²) in [6, 6.07) is 4.28. The topological polar surface area (TPSA) is 9.23 Å². The molecule has 1 aliphatic rings. The fraction of sp³-hybridized carbons (Fsp3) is 0.600. The Morgan fingerprint density at radius 1 is 1.57 bits per heavy atom. The van der Waals surface area contributed by atoms with Crippen LogP contribution in [0.5, 0.6) is 0 Å². The van der Waals surface area contributed by atoms with Gasteiger partial charge in [-0.2, -0.15) is 0 Å². The molecule has 0 aromatic carbocycles. The summed E-state index contributed by atoms with van der Waals surface area (Å²) in [4.78, 5) is 1.84. The van der Waals surface area contributed by atoms with E-state index < -0.39 is 0 Å². The summed E-state index contributed by atoms with van der Waals surface area (Å²) in [5.41, 5.74) is 0. The normalized spacial score (nSPS) is 29.4. The number of alkyl halides is 1. The van der Waals surface area contributed by atoms with Crippen molar-refractivity contribution in [2.45, 2.75) is 24.3 Å². The van der Waals surface area contributed by atoms with Gasteiger partial charge in [0.2, 0.25) is 0 Å². The molecule has 1 fully saturated rings. The Hall–Kier alpha value is 0.620. The number of ether oxygens (including phenoxy) is 1. The highest BCUT2D eigenvalue weighted by atomic mass is 79.9. The number of halogens is 2. The molecule has 3 unspecified atom stereocenters. The van der Waals surface area contributed by atoms with Gasteiger partial charge in [-0.25, -0.2) is 0 Å². The molecule has 4 heteroatoms. The monoisotopic (exact) mass is 338 g/mol. The Balaban J connectivity index is 2.05. The summed E-state index contributed by atoms with van der Waals surface area (Å²) in [6.45, 7) is 3.02. The molecule has 2 heterocycles. The Morgan fingerprint density at radius 2 is 2.36 bits per heavy atom. The first kappa shape index (κ1) is 11.1. The summed E-state index contributed by atoms with van der Waals surface area (Å²) in [7, 11) is 0. The molecule has 1 nitrogen and oxygen atoms in total. The molecular formula is C10H12Br2OS. The van der Waals surface area contributed by atoms with Crippen LogP contribution in [0.3, 0.4) is 0 Å². The van der Waals surface area contributed by atoms with Crippen LogP contribution in [0.15, 0.2) is 15.9 Å². The zero-order valence-corrected chi connectivity index (χ0v) is 11.9. The lowest BCUT2D eigenvalue weighted by Crippen LogP contribution is -2.05. The Labute approximate surface area is 105 Å². The van der Waals surface area contributed by atoms with E-state index >= 15 is 0 Å². The van der Waals surface area contributed by atoms with Gasteiger partial charge in [0.25, 0.3) is 0 Å². The van der Waals surface area contributed by atoms with E-state index in [0.717, 1.165) is 13.0 Å². The van der Waals surface area contributed by atoms with Crippen LogP contribution in [0.4, 0.5) is 0 Å². The van der Waals surface area contributed by atoms with E-state index in [0.29, 0.717) is 16.8 Å². The van der Waals surface area contributed by atoms with Crippen molar-refractivity contribution in [2.24, 2.45) is 5.92 Å². The summed E-state index contributed by atoms with van der Waals surface area (Å²) < 4.78 is 6.78. The lowest BCUT2D eigenvalue weighted by Gasteiger charge is -2.13. The minimum absolute atomic E-state index is 0.420. The average molecular weight is 340 g/mol. The molecule has 3 atom stereocenters. The van der Waals surface area contributed by atoms with Crippen molar-refractivity contribution in [3.05, 3.63) is 20.8 Å². The van der Waals surface area contributed by atoms with Gasteiger partial charge in [0.05, 0.1) is 21.3 Å². The third-order valence-electron chi connectivity index (χ3n) is 2.51. The largest absolute Gasteiger partial charge is 0.378 e. The third-order valence-corrected chi connectivity index (χ3v) is 5.76. The first-order chi connectivity index (χ1) is 6.66. The third kappa shape index (κ3) is 2.40. The van der Waals surface area contributed by atoms with Gasteiger partial charge in [0.1, 0.15) is 0 Å². The maximum atomic E-state index is 5.58. The molecular weight excluding hydrogens is 328 g/mol. The Morgan fingerprint density at radius 3 is 2.86 bits per heavy atom. The van der Waals surface area contributed by atoms with E-state index in [9.17, 15) is 0 Å². The van der Waals surface area contributed by atoms with Gasteiger partial charge in [-0.05, 0) is 41.4 Å². The van der Waals surface area contributed by atoms with Crippen LogP contribution in [-0.4, -0.2) is 12.7 Å². The lowest BCUT2D eigenvalue weighted by molar-refractivity contribution is 0.120. The van der Waals surface area contributed by atoms with Gasteiger partial charge in [-0.15, -0.1) is 11.3 Å². The molecule has 0 aliphatic carbocycles. The fourth-order valence-electron chi connectivity index (χ4n) is 1.76. The predicted molar refractivity (Wildman–Crippen MR) is 67.2 cm³/mol. The minimum Gasteiger partial charge on any atom is -0.378 e. The SMILES string of the molecule is CC1CC(C(Br)c2ccc(Br)s2)CO1. The fourth-order valence-corrected chi connectivity index (χ4v) is 4.06. The van der Waals surface area contributed by atoms with Gasteiger partial charge in [-0.3, -0.25) is 0 Å². The van der Waals surface area contributed by atoms with Crippen molar-refractivity contribution in [2.75, 3.05) is 6.61 Å². The molecule has 0 radical (unpaired) electrons. The standard InChI is InChI=1S/C10H12Br2OS/c1-6-4-7(5-13-6)10(12)8-2-3-9(11)14-8/h2-3,6-7,10H,4-5H2,1H3. The number of rotatable bonds is 2. The number of hydrogen-bond donors (Lipinski definition) is 0. The van der Waals surface area contributed by atoms with Crippen LogP contribution in [0.1, 0.15) is 23.0 Å². The summed E-state index contributed by atoms with van der Waals surface area (Å²) in [5, 5.41) is 0. The zero-order valence-electron chi connectivity index (χ0n) is 7.87. The van der Waals surface area contributed by atoms with Crippen LogP contribution >= 0.6 is 43.2 Å². The summed E-state index contributed by atoms with van der Waals surface area (Å²) in [5.74, 6) is 0.621. The van der Waals surface area contributed by atoms with Crippen LogP contribution in [-0.2, 0) is 4.74 Å². The highest BCUT2D eigenvalue weighted by Crippen LogP contribution is 2.41. The van der Waals surface area contributed by atoms with Crippen molar-refractivity contribution in [1.29, 1.82) is 0 Å². The minimum atomic E-state index is 0.420. The van der Waals surface area contributed by atoms with Gasteiger partial charge >= 0.3 is 0 Å². The molecule has 0 N–H and O–H groups in total. The van der Waals surface area contributed by atoms with E-state index in [1.165, 1.54) is 8.66 Å². The van der Waals surface area contributed by atoms with E-state index in [2.05, 4.69) is 50.9 Å². The molecule has 0 spiro atoms. The Kier molecular flexibility index (Phi) is 3.68.